The Morgan fingerprint density at radius 2 is 0.493 bits per heavy atom. The van der Waals surface area contributed by atoms with Gasteiger partial charge in [-0.25, -0.2) is 0 Å². The average molecular weight is 1100 g/mol. The molecule has 0 spiro atoms. The van der Waals surface area contributed by atoms with Crippen LogP contribution in [0.5, 0.6) is 0 Å². The second kappa shape index (κ2) is 17.6. The molecule has 0 fully saturated rings. The summed E-state index contributed by atoms with van der Waals surface area (Å²) in [5, 5.41) is 4.72. The Kier molecular flexibility index (Phi) is 12.9. The minimum atomic E-state index is -0.415. The summed E-state index contributed by atoms with van der Waals surface area (Å²) in [6.07, 6.45) is 0. The van der Waals surface area contributed by atoms with Gasteiger partial charge in [0, 0.05) is 9.49 Å². The summed E-state index contributed by atoms with van der Waals surface area (Å²) in [5.74, 6) is 1.29. The average Bonchev–Trinajstić information content (AvgIpc) is 3.97. The summed E-state index contributed by atoms with van der Waals surface area (Å²) in [5.41, 5.74) is 5.89. The number of H-pyrrole nitrogens is 2. The second-order valence-corrected chi connectivity index (χ2v) is 34.5. The minimum absolute atomic E-state index is 0.164. The Hall–Kier alpha value is -3.44. The molecule has 9 heterocycles. The number of hydrogen-bond acceptors (Lipinski definition) is 20. The monoisotopic (exact) mass is 1100 g/mol. The predicted molar refractivity (Wildman–Crippen MR) is 289 cm³/mol. The van der Waals surface area contributed by atoms with Crippen LogP contribution >= 0.6 is 70.6 Å². The van der Waals surface area contributed by atoms with E-state index < -0.39 is 15.0 Å². The molecule has 0 aromatic carbocycles. The van der Waals surface area contributed by atoms with Crippen LogP contribution in [0.2, 0.25) is 0 Å². The van der Waals surface area contributed by atoms with Crippen molar-refractivity contribution >= 4 is 130 Å². The van der Waals surface area contributed by atoms with Crippen LogP contribution < -0.4 is 0 Å². The van der Waals surface area contributed by atoms with E-state index >= 15 is 0 Å². The molecule has 69 heavy (non-hydrogen) atoms. The first-order valence-electron chi connectivity index (χ1n) is 22.4. The van der Waals surface area contributed by atoms with Gasteiger partial charge < -0.3 is 0 Å². The molecule has 0 unspecified atom stereocenters. The van der Waals surface area contributed by atoms with Crippen molar-refractivity contribution in [1.29, 1.82) is 0 Å². The van der Waals surface area contributed by atoms with Crippen molar-refractivity contribution < 1.29 is 0 Å². The van der Waals surface area contributed by atoms with E-state index in [1.807, 2.05) is 0 Å². The normalized spacial score (nSPS) is 13.7. The number of thioether (sulfide) groups is 6. The molecule has 23 heteroatoms. The van der Waals surface area contributed by atoms with E-state index in [0.717, 1.165) is 30.2 Å². The topological polar surface area (TPSA) is 212 Å². The van der Waals surface area contributed by atoms with Crippen molar-refractivity contribution in [3.8, 4) is 46.1 Å². The zero-order chi connectivity index (χ0) is 50.0. The molecule has 7 aromatic rings. The number of nitrogens with one attached hydrogen (secondary N) is 2. The van der Waals surface area contributed by atoms with Crippen molar-refractivity contribution in [2.45, 2.75) is 183 Å². The van der Waals surface area contributed by atoms with Crippen LogP contribution in [0, 0.1) is 0 Å². The molecule has 8 bridgehead atoms. The van der Waals surface area contributed by atoms with Gasteiger partial charge in [-0.05, 0) is 0 Å². The third-order valence-electron chi connectivity index (χ3n) is 8.92. The quantitative estimate of drug-likeness (QED) is 0.117. The van der Waals surface area contributed by atoms with Gasteiger partial charge in [-0.15, -0.1) is 0 Å². The summed E-state index contributed by atoms with van der Waals surface area (Å²) in [4.78, 5) is 70.3. The molecular weight excluding hydrogens is 1050 g/mol. The van der Waals surface area contributed by atoms with Crippen LogP contribution in [-0.4, -0.2) is 121 Å². The summed E-state index contributed by atoms with van der Waals surface area (Å²) in [6.45, 7) is 39.1. The Balaban J connectivity index is 1.45. The molecule has 2 N–H and O–H groups in total. The van der Waals surface area contributed by atoms with Crippen LogP contribution in [0.3, 0.4) is 0 Å². The molecule has 16 nitrogen and oxygen atoms in total. The van der Waals surface area contributed by atoms with Gasteiger partial charge in [0.2, 0.25) is 0 Å². The maximum atomic E-state index is 5.39. The Labute approximate surface area is 434 Å². The van der Waals surface area contributed by atoms with Crippen molar-refractivity contribution in [2.24, 2.45) is 0 Å². The Morgan fingerprint density at radius 3 is 0.725 bits per heavy atom. The van der Waals surface area contributed by atoms with Gasteiger partial charge in [-0.1, -0.05) is 65.1 Å². The first kappa shape index (κ1) is 50.5. The van der Waals surface area contributed by atoms with E-state index in [-0.39, 0.29) is 28.5 Å². The number of aromatic amines is 2. The summed E-state index contributed by atoms with van der Waals surface area (Å²) >= 11 is 9.54. The van der Waals surface area contributed by atoms with Gasteiger partial charge >= 0.3 is 363 Å². The first-order chi connectivity index (χ1) is 31.8. The van der Waals surface area contributed by atoms with Crippen LogP contribution in [-0.2, 0) is 0 Å². The zero-order valence-corrected chi connectivity index (χ0v) is 48.7. The molecule has 9 rings (SSSR count). The van der Waals surface area contributed by atoms with Gasteiger partial charge in [0.1, 0.15) is 0 Å². The zero-order valence-electron chi connectivity index (χ0n) is 42.1. The number of hydrogen-bond donors (Lipinski definition) is 2. The van der Waals surface area contributed by atoms with Crippen molar-refractivity contribution in [3.63, 3.8) is 0 Å². The third kappa shape index (κ3) is 11.4. The number of nitrogens with zero attached hydrogens (tertiary/aromatic N) is 14. The molecule has 7 aromatic heterocycles. The Bertz CT molecular complexity index is 3160. The first-order valence-corrected chi connectivity index (χ1v) is 28.8. The molecule has 0 atom stereocenters. The van der Waals surface area contributed by atoms with Crippen molar-refractivity contribution in [1.82, 2.24) is 77.7 Å². The number of rotatable bonds is 6. The fraction of sp³-hybridized carbons (Fsp3) is 0.522. The summed E-state index contributed by atoms with van der Waals surface area (Å²) < 4.78 is 8.62. The third-order valence-corrected chi connectivity index (χ3v) is 17.0. The van der Waals surface area contributed by atoms with E-state index in [1.165, 1.54) is 0 Å². The number of fused-ring (bicyclic) bond motifs is 20. The molecule has 0 radical (unpaired) electrons. The van der Waals surface area contributed by atoms with E-state index in [2.05, 4.69) is 135 Å². The molecule has 2 aliphatic heterocycles. The van der Waals surface area contributed by atoms with Crippen LogP contribution in [0.4, 0.5) is 0 Å². The van der Waals surface area contributed by atoms with E-state index in [0.29, 0.717) is 90.7 Å². The predicted octanol–water partition coefficient (Wildman–Crippen LogP) is 12.4. The fourth-order valence-electron chi connectivity index (χ4n) is 6.74. The molecular formula is C46H56N16S6Se. The molecule has 0 saturated carbocycles. The maximum absolute atomic E-state index is 5.39. The van der Waals surface area contributed by atoms with Crippen LogP contribution in [0.25, 0.3) is 90.7 Å². The number of aromatic nitrogens is 16. The second-order valence-electron chi connectivity index (χ2n) is 22.5. The van der Waals surface area contributed by atoms with E-state index in [9.17, 15) is 0 Å². The van der Waals surface area contributed by atoms with Crippen LogP contribution in [0.15, 0.2) is 30.2 Å². The fourth-order valence-corrected chi connectivity index (χ4v) is 13.7. The summed E-state index contributed by atoms with van der Waals surface area (Å²) in [6, 6.07) is 0. The van der Waals surface area contributed by atoms with E-state index in [1.54, 1.807) is 70.6 Å². The van der Waals surface area contributed by atoms with Gasteiger partial charge in [-0.3, -0.25) is 0 Å². The SMILES string of the molecule is CC(C)(C)Sc1nc2c(nc1SC(C)(C)C)-c1nc-2nc2[nH]c(nc3nc(nc4[nH]c(n1)c1nc(SC(C)(C)C)c(SC(C)(C)C)nc41)-c1nc(SC(C)(C)C)c(SC(C)(C)C)nc1-3)c1n[se]nc21. The molecule has 362 valence electrons. The van der Waals surface area contributed by atoms with E-state index in [4.69, 9.17) is 67.8 Å². The van der Waals surface area contributed by atoms with Gasteiger partial charge in [-0.2, -0.15) is 0 Å². The standard InChI is InChI=1S/C46H56N16S6Se/c1-41(2,3)63-35-36(64-42(4,5)6)48-20-19(47-35)27-53-28(20)55-30-22-24(52-40(68-46(16,17)18)38(50-22)66-44(10,11)12)32(57-30)59-34-26-25(61-69-62-26)33(60-34)58-31-23-21(29(54-27)56-31)49-37(65-43(7,8)9)39(51-23)67-45(13,14)15/h1-18H3,(H2,53,54,55,56,57,58,59,60). The molecule has 0 aliphatic carbocycles. The van der Waals surface area contributed by atoms with Crippen LogP contribution in [0.1, 0.15) is 125 Å². The molecule has 2 aliphatic rings. The molecule has 0 amide bonds. The van der Waals surface area contributed by atoms with Crippen molar-refractivity contribution in [3.05, 3.63) is 0 Å². The molecule has 0 saturated heterocycles. The van der Waals surface area contributed by atoms with Gasteiger partial charge in [0.05, 0.1) is 0 Å². The van der Waals surface area contributed by atoms with Gasteiger partial charge in [0.25, 0.3) is 0 Å². The van der Waals surface area contributed by atoms with Gasteiger partial charge in [0.15, 0.2) is 0 Å². The summed E-state index contributed by atoms with van der Waals surface area (Å²) in [7, 11) is 0. The Morgan fingerprint density at radius 1 is 0.275 bits per heavy atom. The van der Waals surface area contributed by atoms with Crippen molar-refractivity contribution in [2.75, 3.05) is 0 Å².